The van der Waals surface area contributed by atoms with Crippen LogP contribution in [0, 0.1) is 46.3 Å². The van der Waals surface area contributed by atoms with E-state index >= 15 is 0 Å². The molecular weight excluding hydrogens is 953 g/mol. The summed E-state index contributed by atoms with van der Waals surface area (Å²) in [4.78, 5) is 0. The number of ether oxygens (including phenoxy) is 9. The Kier molecular flexibility index (Phi) is 16.7. The lowest BCUT2D eigenvalue weighted by Crippen LogP contribution is -2.66. The van der Waals surface area contributed by atoms with Gasteiger partial charge in [0.25, 0.3) is 0 Å². The molecule has 4 aliphatic carbocycles. The smallest absolute Gasteiger partial charge is 0.187 e. The average molecular weight is 1040 g/mol. The molecule has 0 spiro atoms. The number of hydrogen-bond donors (Lipinski definition) is 13. The highest BCUT2D eigenvalue weighted by molar-refractivity contribution is 5.26. The molecule has 0 amide bonds. The van der Waals surface area contributed by atoms with Gasteiger partial charge in [-0.05, 0) is 98.7 Å². The lowest BCUT2D eigenvalue weighted by atomic mass is 9.47. The third-order valence-corrected chi connectivity index (χ3v) is 19.1. The Labute approximate surface area is 419 Å². The standard InChI is InChI=1S/C50H82O22/c1-20(18-64-44-40(61)38(59)35(56)30(16-51)68-44)8-13-50(63)21(2)32-29(72-50)15-27-25-7-6-23-14-24(9-11-48(23,4)26(25)10-12-49(27,32)5)67-47-43(71-46-41(62)37(58)33(54)22(3)66-46)42(36(57)31(17-52)69-47)70-45-39(60)34(55)28(53)19-65-45/h6,20-22,24-47,51-63H,7-19H2,1-5H3/t20-,21+,22+,24+,25-,26+,27+,28-,29+,30-,31-,32+,33+,34+,35-,36+,37-,38+,39-,40-,41-,42+,43-,44-,45+,46+,47-,48+,49+,50?/m1/s1. The van der Waals surface area contributed by atoms with Gasteiger partial charge in [0.2, 0.25) is 0 Å². The van der Waals surface area contributed by atoms with Crippen LogP contribution in [0.5, 0.6) is 0 Å². The van der Waals surface area contributed by atoms with E-state index < -0.39 is 148 Å². The van der Waals surface area contributed by atoms with E-state index in [2.05, 4.69) is 26.8 Å². The van der Waals surface area contributed by atoms with Gasteiger partial charge in [-0.25, -0.2) is 0 Å². The van der Waals surface area contributed by atoms with Gasteiger partial charge in [-0.3, -0.25) is 0 Å². The predicted octanol–water partition coefficient (Wildman–Crippen LogP) is -2.37. The SMILES string of the molecule is C[C@H](CCC1(O)O[C@H]2C[C@H]3[C@@H]4CC=C5C[C@@H](O[C@@H]6O[C@H](CO)[C@H](O)[C@H](O[C@@H]7OC[C@@H](O)[C@H](O)[C@H]7O)[C@H]6O[C@@H]6O[C@@H](C)[C@H](O)[C@@H](O)[C@H]6O)CC[C@]5(C)[C@H]4CC[C@]3(C)[C@H]2[C@@H]1C)CO[C@@H]1O[C@H](CO)[C@@H](O)[C@H](O)[C@H]1O. The Bertz CT molecular complexity index is 1860. The normalized spacial score (nSPS) is 55.1. The van der Waals surface area contributed by atoms with Crippen molar-refractivity contribution < 1.29 is 109 Å². The molecule has 22 heteroatoms. The fourth-order valence-corrected chi connectivity index (χ4v) is 14.7. The summed E-state index contributed by atoms with van der Waals surface area (Å²) in [5, 5.41) is 138. The lowest BCUT2D eigenvalue weighted by Gasteiger charge is -2.58. The molecule has 9 rings (SSSR count). The van der Waals surface area contributed by atoms with E-state index in [1.807, 2.05) is 6.92 Å². The molecule has 5 saturated heterocycles. The summed E-state index contributed by atoms with van der Waals surface area (Å²) in [6.45, 7) is 8.79. The molecule has 30 atom stereocenters. The first kappa shape index (κ1) is 55.6. The summed E-state index contributed by atoms with van der Waals surface area (Å²) >= 11 is 0. The first-order valence-electron chi connectivity index (χ1n) is 26.3. The number of aliphatic hydroxyl groups excluding tert-OH is 12. The van der Waals surface area contributed by atoms with Gasteiger partial charge in [0.15, 0.2) is 30.9 Å². The Morgan fingerprint density at radius 2 is 1.35 bits per heavy atom. The zero-order valence-corrected chi connectivity index (χ0v) is 41.8. The molecule has 5 heterocycles. The van der Waals surface area contributed by atoms with E-state index in [1.54, 1.807) is 0 Å². The van der Waals surface area contributed by atoms with Gasteiger partial charge >= 0.3 is 0 Å². The summed E-state index contributed by atoms with van der Waals surface area (Å²) < 4.78 is 54.6. The fourth-order valence-electron chi connectivity index (χ4n) is 14.7. The van der Waals surface area contributed by atoms with Crippen LogP contribution in [0.4, 0.5) is 0 Å². The van der Waals surface area contributed by atoms with Crippen molar-refractivity contribution in [2.24, 2.45) is 46.3 Å². The van der Waals surface area contributed by atoms with Gasteiger partial charge < -0.3 is 109 Å². The molecule has 0 aromatic rings. The summed E-state index contributed by atoms with van der Waals surface area (Å²) in [6, 6.07) is 0. The Balaban J connectivity index is 0.856. The number of aliphatic hydroxyl groups is 13. The molecule has 5 aliphatic heterocycles. The third-order valence-electron chi connectivity index (χ3n) is 19.1. The maximum atomic E-state index is 12.1. The van der Waals surface area contributed by atoms with E-state index in [0.717, 1.165) is 32.1 Å². The van der Waals surface area contributed by atoms with Gasteiger partial charge in [0.05, 0.1) is 44.7 Å². The zero-order chi connectivity index (χ0) is 51.9. The first-order chi connectivity index (χ1) is 34.0. The largest absolute Gasteiger partial charge is 0.394 e. The van der Waals surface area contributed by atoms with E-state index in [1.165, 1.54) is 12.5 Å². The summed E-state index contributed by atoms with van der Waals surface area (Å²) in [7, 11) is 0. The highest BCUT2D eigenvalue weighted by atomic mass is 16.8. The molecule has 0 radical (unpaired) electrons. The quantitative estimate of drug-likeness (QED) is 0.0809. The molecule has 0 bridgehead atoms. The molecule has 1 unspecified atom stereocenters. The van der Waals surface area contributed by atoms with E-state index in [-0.39, 0.29) is 41.3 Å². The molecule has 0 aromatic carbocycles. The van der Waals surface area contributed by atoms with E-state index in [4.69, 9.17) is 42.6 Å². The average Bonchev–Trinajstić information content (AvgIpc) is 3.80. The summed E-state index contributed by atoms with van der Waals surface area (Å²) in [6.07, 6.45) is -19.6. The number of hydrogen-bond acceptors (Lipinski definition) is 22. The van der Waals surface area contributed by atoms with Crippen LogP contribution < -0.4 is 0 Å². The van der Waals surface area contributed by atoms with Crippen molar-refractivity contribution >= 4 is 0 Å². The van der Waals surface area contributed by atoms with Crippen LogP contribution in [-0.2, 0) is 42.6 Å². The number of rotatable bonds is 14. The summed E-state index contributed by atoms with van der Waals surface area (Å²) in [5.74, 6) is -0.253. The van der Waals surface area contributed by atoms with Crippen LogP contribution in [0.2, 0.25) is 0 Å². The third kappa shape index (κ3) is 9.91. The zero-order valence-electron chi connectivity index (χ0n) is 41.8. The van der Waals surface area contributed by atoms with Gasteiger partial charge in [-0.15, -0.1) is 0 Å². The van der Waals surface area contributed by atoms with Crippen molar-refractivity contribution in [2.45, 2.75) is 227 Å². The maximum absolute atomic E-state index is 12.1. The van der Waals surface area contributed by atoms with Crippen molar-refractivity contribution in [3.8, 4) is 0 Å². The molecule has 22 nitrogen and oxygen atoms in total. The molecule has 414 valence electrons. The van der Waals surface area contributed by atoms with Gasteiger partial charge in [0, 0.05) is 12.3 Å². The monoisotopic (exact) mass is 1030 g/mol. The Morgan fingerprint density at radius 3 is 2.07 bits per heavy atom. The van der Waals surface area contributed by atoms with Crippen molar-refractivity contribution in [3.63, 3.8) is 0 Å². The van der Waals surface area contributed by atoms with Crippen LogP contribution in [0.15, 0.2) is 11.6 Å². The van der Waals surface area contributed by atoms with Crippen molar-refractivity contribution in [1.82, 2.24) is 0 Å². The van der Waals surface area contributed by atoms with Crippen molar-refractivity contribution in [2.75, 3.05) is 26.4 Å². The fraction of sp³-hybridized carbons (Fsp3) is 0.960. The second-order valence-electron chi connectivity index (χ2n) is 23.4. The van der Waals surface area contributed by atoms with Crippen LogP contribution in [0.25, 0.3) is 0 Å². The van der Waals surface area contributed by atoms with Crippen LogP contribution in [-0.4, -0.2) is 228 Å². The van der Waals surface area contributed by atoms with E-state index in [9.17, 15) is 66.4 Å². The van der Waals surface area contributed by atoms with Crippen LogP contribution in [0.3, 0.4) is 0 Å². The van der Waals surface area contributed by atoms with Crippen LogP contribution >= 0.6 is 0 Å². The Morgan fingerprint density at radius 1 is 0.694 bits per heavy atom. The topological polar surface area (TPSA) is 346 Å². The predicted molar refractivity (Wildman–Crippen MR) is 244 cm³/mol. The molecular formula is C50H82O22. The molecule has 13 N–H and O–H groups in total. The Hall–Kier alpha value is -1.14. The van der Waals surface area contributed by atoms with Gasteiger partial charge in [0.1, 0.15) is 85.5 Å². The number of fused-ring (bicyclic) bond motifs is 7. The molecule has 8 fully saturated rings. The molecule has 9 aliphatic rings. The lowest BCUT2D eigenvalue weighted by molar-refractivity contribution is -0.390. The minimum absolute atomic E-state index is 0.0620. The second-order valence-corrected chi connectivity index (χ2v) is 23.4. The second kappa shape index (κ2) is 21.6. The summed E-state index contributed by atoms with van der Waals surface area (Å²) in [5.41, 5.74) is 1.05. The van der Waals surface area contributed by atoms with Crippen molar-refractivity contribution in [3.05, 3.63) is 11.6 Å². The minimum atomic E-state index is -1.76. The molecule has 3 saturated carbocycles. The van der Waals surface area contributed by atoms with Gasteiger partial charge in [-0.2, -0.15) is 0 Å². The highest BCUT2D eigenvalue weighted by Gasteiger charge is 2.68. The maximum Gasteiger partial charge on any atom is 0.187 e. The van der Waals surface area contributed by atoms with E-state index in [0.29, 0.717) is 43.4 Å². The number of allylic oxidation sites excluding steroid dienone is 1. The van der Waals surface area contributed by atoms with Crippen molar-refractivity contribution in [1.29, 1.82) is 0 Å². The minimum Gasteiger partial charge on any atom is -0.394 e. The van der Waals surface area contributed by atoms with Gasteiger partial charge in [-0.1, -0.05) is 39.3 Å². The first-order valence-corrected chi connectivity index (χ1v) is 26.3. The molecule has 72 heavy (non-hydrogen) atoms. The van der Waals surface area contributed by atoms with Crippen LogP contribution in [0.1, 0.15) is 92.4 Å². The molecule has 0 aromatic heterocycles. The highest BCUT2D eigenvalue weighted by Crippen LogP contribution is 2.70.